The van der Waals surface area contributed by atoms with Crippen LogP contribution in [0.2, 0.25) is 0 Å². The zero-order valence-electron chi connectivity index (χ0n) is 10.2. The van der Waals surface area contributed by atoms with Crippen LogP contribution in [-0.2, 0) is 6.42 Å². The summed E-state index contributed by atoms with van der Waals surface area (Å²) in [5.41, 5.74) is 4.04. The molecule has 1 N–H and O–H groups in total. The fraction of sp³-hybridized carbons (Fsp3) is 0.571. The SMILES string of the molecule is CCc1ccc(C(C)C)cc1C(C)CO. The highest BCUT2D eigenvalue weighted by atomic mass is 16.3. The first kappa shape index (κ1) is 12.3. The van der Waals surface area contributed by atoms with Crippen molar-refractivity contribution in [3.63, 3.8) is 0 Å². The van der Waals surface area contributed by atoms with E-state index < -0.39 is 0 Å². The Kier molecular flexibility index (Phi) is 4.34. The Morgan fingerprint density at radius 3 is 2.33 bits per heavy atom. The largest absolute Gasteiger partial charge is 0.396 e. The van der Waals surface area contributed by atoms with Crippen LogP contribution in [0.4, 0.5) is 0 Å². The summed E-state index contributed by atoms with van der Waals surface area (Å²) in [5, 5.41) is 9.24. The summed E-state index contributed by atoms with van der Waals surface area (Å²) in [5.74, 6) is 0.805. The number of aryl methyl sites for hydroxylation is 1. The predicted molar refractivity (Wildman–Crippen MR) is 65.4 cm³/mol. The molecular weight excluding hydrogens is 184 g/mol. The zero-order valence-corrected chi connectivity index (χ0v) is 10.2. The van der Waals surface area contributed by atoms with Gasteiger partial charge in [-0.05, 0) is 29.0 Å². The molecule has 15 heavy (non-hydrogen) atoms. The molecule has 0 amide bonds. The van der Waals surface area contributed by atoms with Gasteiger partial charge in [0.2, 0.25) is 0 Å². The van der Waals surface area contributed by atoms with Crippen molar-refractivity contribution in [2.75, 3.05) is 6.61 Å². The molecule has 1 atom stereocenters. The summed E-state index contributed by atoms with van der Waals surface area (Å²) in [6.45, 7) is 8.88. The van der Waals surface area contributed by atoms with E-state index in [0.717, 1.165) is 6.42 Å². The van der Waals surface area contributed by atoms with Gasteiger partial charge >= 0.3 is 0 Å². The van der Waals surface area contributed by atoms with Crippen LogP contribution in [0, 0.1) is 0 Å². The second-order valence-corrected chi connectivity index (χ2v) is 4.55. The smallest absolute Gasteiger partial charge is 0.0497 e. The molecule has 0 spiro atoms. The van der Waals surface area contributed by atoms with Crippen LogP contribution in [0.1, 0.15) is 56.2 Å². The van der Waals surface area contributed by atoms with Crippen LogP contribution in [0.25, 0.3) is 0 Å². The third-order valence-corrected chi connectivity index (χ3v) is 3.02. The van der Waals surface area contributed by atoms with Crippen LogP contribution in [0.3, 0.4) is 0 Å². The Labute approximate surface area is 93.1 Å². The first-order valence-electron chi connectivity index (χ1n) is 5.83. The van der Waals surface area contributed by atoms with E-state index in [-0.39, 0.29) is 12.5 Å². The van der Waals surface area contributed by atoms with E-state index in [9.17, 15) is 5.11 Å². The lowest BCUT2D eigenvalue weighted by Gasteiger charge is -2.16. The normalized spacial score (nSPS) is 13.2. The first-order chi connectivity index (χ1) is 7.10. The third kappa shape index (κ3) is 2.82. The van der Waals surface area contributed by atoms with Crippen molar-refractivity contribution >= 4 is 0 Å². The van der Waals surface area contributed by atoms with Crippen LogP contribution >= 0.6 is 0 Å². The van der Waals surface area contributed by atoms with E-state index in [1.165, 1.54) is 16.7 Å². The maximum absolute atomic E-state index is 9.24. The second-order valence-electron chi connectivity index (χ2n) is 4.55. The van der Waals surface area contributed by atoms with E-state index in [2.05, 4.69) is 45.9 Å². The molecule has 0 aliphatic rings. The van der Waals surface area contributed by atoms with Gasteiger partial charge in [-0.25, -0.2) is 0 Å². The summed E-state index contributed by atoms with van der Waals surface area (Å²) in [6.07, 6.45) is 1.04. The van der Waals surface area contributed by atoms with Gasteiger partial charge in [-0.3, -0.25) is 0 Å². The van der Waals surface area contributed by atoms with E-state index in [4.69, 9.17) is 0 Å². The van der Waals surface area contributed by atoms with Crippen LogP contribution in [0.15, 0.2) is 18.2 Å². The van der Waals surface area contributed by atoms with Crippen LogP contribution in [-0.4, -0.2) is 11.7 Å². The molecule has 1 unspecified atom stereocenters. The lowest BCUT2D eigenvalue weighted by atomic mass is 9.90. The van der Waals surface area contributed by atoms with Crippen molar-refractivity contribution in [3.05, 3.63) is 34.9 Å². The number of aliphatic hydroxyl groups is 1. The fourth-order valence-electron chi connectivity index (χ4n) is 1.85. The molecule has 1 aromatic rings. The minimum Gasteiger partial charge on any atom is -0.396 e. The van der Waals surface area contributed by atoms with Gasteiger partial charge in [-0.15, -0.1) is 0 Å². The topological polar surface area (TPSA) is 20.2 Å². The first-order valence-corrected chi connectivity index (χ1v) is 5.83. The molecular formula is C14H22O. The number of rotatable bonds is 4. The summed E-state index contributed by atoms with van der Waals surface area (Å²) in [6, 6.07) is 6.66. The molecule has 1 heteroatoms. The molecule has 0 fully saturated rings. The molecule has 84 valence electrons. The van der Waals surface area contributed by atoms with Gasteiger partial charge in [-0.2, -0.15) is 0 Å². The molecule has 0 saturated heterocycles. The molecule has 0 aliphatic carbocycles. The quantitative estimate of drug-likeness (QED) is 0.799. The third-order valence-electron chi connectivity index (χ3n) is 3.02. The van der Waals surface area contributed by atoms with Gasteiger partial charge in [0.15, 0.2) is 0 Å². The van der Waals surface area contributed by atoms with Crippen molar-refractivity contribution in [1.29, 1.82) is 0 Å². The second kappa shape index (κ2) is 5.32. The van der Waals surface area contributed by atoms with Gasteiger partial charge in [0.1, 0.15) is 0 Å². The monoisotopic (exact) mass is 206 g/mol. The summed E-state index contributed by atoms with van der Waals surface area (Å²) in [4.78, 5) is 0. The fourth-order valence-corrected chi connectivity index (χ4v) is 1.85. The molecule has 1 rings (SSSR count). The molecule has 1 aromatic carbocycles. The average molecular weight is 206 g/mol. The van der Waals surface area contributed by atoms with Crippen LogP contribution in [0.5, 0.6) is 0 Å². The highest BCUT2D eigenvalue weighted by Crippen LogP contribution is 2.25. The van der Waals surface area contributed by atoms with Crippen molar-refractivity contribution < 1.29 is 5.11 Å². The summed E-state index contributed by atoms with van der Waals surface area (Å²) >= 11 is 0. The average Bonchev–Trinajstić information content (AvgIpc) is 2.27. The number of hydrogen-bond donors (Lipinski definition) is 1. The Morgan fingerprint density at radius 2 is 1.87 bits per heavy atom. The number of benzene rings is 1. The Bertz CT molecular complexity index is 315. The molecule has 0 radical (unpaired) electrons. The van der Waals surface area contributed by atoms with E-state index in [1.54, 1.807) is 0 Å². The van der Waals surface area contributed by atoms with Gasteiger partial charge in [0.25, 0.3) is 0 Å². The van der Waals surface area contributed by atoms with Gasteiger partial charge in [-0.1, -0.05) is 45.9 Å². The Balaban J connectivity index is 3.13. The zero-order chi connectivity index (χ0) is 11.4. The number of hydrogen-bond acceptors (Lipinski definition) is 1. The van der Waals surface area contributed by atoms with Crippen molar-refractivity contribution in [1.82, 2.24) is 0 Å². The van der Waals surface area contributed by atoms with Crippen molar-refractivity contribution in [3.8, 4) is 0 Å². The van der Waals surface area contributed by atoms with Crippen molar-refractivity contribution in [2.24, 2.45) is 0 Å². The molecule has 0 heterocycles. The number of aliphatic hydroxyl groups excluding tert-OH is 1. The summed E-state index contributed by atoms with van der Waals surface area (Å²) < 4.78 is 0. The maximum Gasteiger partial charge on any atom is 0.0497 e. The van der Waals surface area contributed by atoms with E-state index >= 15 is 0 Å². The molecule has 1 nitrogen and oxygen atoms in total. The van der Waals surface area contributed by atoms with Gasteiger partial charge < -0.3 is 5.11 Å². The maximum atomic E-state index is 9.24. The molecule has 0 bridgehead atoms. The van der Waals surface area contributed by atoms with Crippen molar-refractivity contribution in [2.45, 2.75) is 46.0 Å². The predicted octanol–water partition coefficient (Wildman–Crippen LogP) is 3.47. The molecule has 0 saturated carbocycles. The van der Waals surface area contributed by atoms with E-state index in [1.807, 2.05) is 0 Å². The lowest BCUT2D eigenvalue weighted by Crippen LogP contribution is -2.04. The van der Waals surface area contributed by atoms with Gasteiger partial charge in [0.05, 0.1) is 0 Å². The standard InChI is InChI=1S/C14H22O/c1-5-12-6-7-13(10(2)3)8-14(12)11(4)9-15/h6-8,10-11,15H,5,9H2,1-4H3. The van der Waals surface area contributed by atoms with Crippen LogP contribution < -0.4 is 0 Å². The molecule has 0 aromatic heterocycles. The lowest BCUT2D eigenvalue weighted by molar-refractivity contribution is 0.272. The van der Waals surface area contributed by atoms with Gasteiger partial charge in [0, 0.05) is 12.5 Å². The molecule has 0 aliphatic heterocycles. The highest BCUT2D eigenvalue weighted by molar-refractivity contribution is 5.35. The Morgan fingerprint density at radius 1 is 1.20 bits per heavy atom. The minimum absolute atomic E-state index is 0.231. The Hall–Kier alpha value is -0.820. The van der Waals surface area contributed by atoms with E-state index in [0.29, 0.717) is 5.92 Å². The minimum atomic E-state index is 0.231. The highest BCUT2D eigenvalue weighted by Gasteiger charge is 2.10. The summed E-state index contributed by atoms with van der Waals surface area (Å²) in [7, 11) is 0.